The van der Waals surface area contributed by atoms with Crippen molar-refractivity contribution in [3.05, 3.63) is 119 Å². The number of aliphatic hydroxyl groups is 4. The standard InChI is InChI=1S/C65H77N9O16/c1-61-19-17-42(76)25-41(61)14-15-43-44-26-50-65(49(78)29-75,90-57(89-50)40-12-7-37(8-13-40)27-63-32-64(66,33-63)34-63)62(44,2)28-48(53(43)61)88-60(84)74(4)22-21-73(3)59(83)86-30-38-9-16-47(87-58-55(82)54(81)46(77)31-85-58)45(23-38)70-51(79)18-20-67-52(80)24-36-5-10-39(11-6-36)56-71-68-35-69-72-56/h5-13,16-17,19,23,25,35,43-44,46,48,50,53-55,57-58,75,77,81-82H,14-15,18,20-22,24,26-34,66H2,1-4H3,(H,67,80)(H,70,79)/t43-,44-,46+,48-,50+,53+,54-,55+,57+,58-,61-,62-,63?,64?,65+/m0/s1. The first-order valence-corrected chi connectivity index (χ1v) is 30.7. The number of fused-ring (bicyclic) bond motifs is 7. The van der Waals surface area contributed by atoms with E-state index in [-0.39, 0.29) is 104 Å². The summed E-state index contributed by atoms with van der Waals surface area (Å²) in [5, 5.41) is 62.6. The molecule has 478 valence electrons. The molecule has 2 aliphatic heterocycles. The van der Waals surface area contributed by atoms with Crippen LogP contribution in [0, 0.1) is 34.0 Å². The molecule has 4 amide bonds. The first kappa shape index (κ1) is 62.6. The number of ketones is 2. The highest BCUT2D eigenvalue weighted by molar-refractivity contribution is 6.01. The molecule has 0 spiro atoms. The lowest BCUT2D eigenvalue weighted by molar-refractivity contribution is -0.241. The number of carbonyl (C=O) groups is 6. The Morgan fingerprint density at radius 1 is 0.867 bits per heavy atom. The Morgan fingerprint density at radius 2 is 1.57 bits per heavy atom. The number of nitrogens with zero attached hydrogens (tertiary/aromatic N) is 6. The van der Waals surface area contributed by atoms with Gasteiger partial charge in [-0.3, -0.25) is 19.2 Å². The van der Waals surface area contributed by atoms with Gasteiger partial charge in [0.05, 0.1) is 24.8 Å². The van der Waals surface area contributed by atoms with E-state index in [0.29, 0.717) is 41.8 Å². The van der Waals surface area contributed by atoms with Crippen molar-refractivity contribution in [2.75, 3.05) is 52.3 Å². The number of ether oxygens (including phenoxy) is 6. The van der Waals surface area contributed by atoms with Gasteiger partial charge in [-0.1, -0.05) is 80.1 Å². The van der Waals surface area contributed by atoms with Crippen LogP contribution in [0.3, 0.4) is 0 Å². The Kier molecular flexibility index (Phi) is 17.1. The molecule has 90 heavy (non-hydrogen) atoms. The average molecular weight is 1240 g/mol. The first-order valence-electron chi connectivity index (χ1n) is 30.7. The largest absolute Gasteiger partial charge is 0.460 e. The zero-order valence-electron chi connectivity index (χ0n) is 50.7. The second-order valence-electron chi connectivity index (χ2n) is 26.5. The molecule has 0 unspecified atom stereocenters. The van der Waals surface area contributed by atoms with Gasteiger partial charge >= 0.3 is 12.2 Å². The van der Waals surface area contributed by atoms with Crippen LogP contribution in [0.5, 0.6) is 5.75 Å². The number of benzene rings is 3. The van der Waals surface area contributed by atoms with Crippen molar-refractivity contribution >= 4 is 41.3 Å². The minimum absolute atomic E-state index is 0.00641. The number of hydrogen-bond donors (Lipinski definition) is 7. The third-order valence-corrected chi connectivity index (χ3v) is 20.5. The second kappa shape index (κ2) is 24.5. The molecule has 8 N–H and O–H groups in total. The van der Waals surface area contributed by atoms with Crippen LogP contribution >= 0.6 is 0 Å². The van der Waals surface area contributed by atoms with Gasteiger partial charge in [-0.15, -0.1) is 20.4 Å². The van der Waals surface area contributed by atoms with Gasteiger partial charge in [0.25, 0.3) is 0 Å². The molecule has 1 aromatic heterocycles. The molecule has 13 atom stereocenters. The van der Waals surface area contributed by atoms with Crippen molar-refractivity contribution in [1.29, 1.82) is 0 Å². The van der Waals surface area contributed by atoms with Crippen molar-refractivity contribution in [2.45, 2.75) is 139 Å². The number of carbonyl (C=O) groups excluding carboxylic acids is 6. The maximum absolute atomic E-state index is 14.5. The number of hydrogen-bond acceptors (Lipinski definition) is 21. The normalized spacial score (nSPS) is 33.3. The molecule has 2 bridgehead atoms. The highest BCUT2D eigenvalue weighted by atomic mass is 16.7. The van der Waals surface area contributed by atoms with E-state index in [1.54, 1.807) is 49.5 Å². The molecule has 25 heteroatoms. The topological polar surface area (TPSA) is 347 Å². The van der Waals surface area contributed by atoms with E-state index in [2.05, 4.69) is 50.1 Å². The van der Waals surface area contributed by atoms with Gasteiger partial charge in [-0.05, 0) is 110 Å². The zero-order chi connectivity index (χ0) is 63.5. The van der Waals surface area contributed by atoms with Gasteiger partial charge in [0, 0.05) is 73.6 Å². The molecule has 3 aromatic carbocycles. The van der Waals surface area contributed by atoms with Gasteiger partial charge in [0.15, 0.2) is 29.8 Å². The monoisotopic (exact) mass is 1240 g/mol. The Morgan fingerprint density at radius 3 is 2.28 bits per heavy atom. The average Bonchev–Trinajstić information content (AvgIpc) is 1.39. The summed E-state index contributed by atoms with van der Waals surface area (Å²) in [6.07, 6.45) is 2.43. The molecule has 3 heterocycles. The quantitative estimate of drug-likeness (QED) is 0.0661. The van der Waals surface area contributed by atoms with Crippen LogP contribution in [0.2, 0.25) is 0 Å². The number of likely N-dealkylation sites (N-methyl/N-ethyl adjacent to an activating group) is 2. The Balaban J connectivity index is 0.682. The summed E-state index contributed by atoms with van der Waals surface area (Å²) in [7, 11) is 3.06. The lowest BCUT2D eigenvalue weighted by atomic mass is 9.38. The third-order valence-electron chi connectivity index (χ3n) is 20.5. The summed E-state index contributed by atoms with van der Waals surface area (Å²) in [5.41, 5.74) is 8.18. The smallest absolute Gasteiger partial charge is 0.409 e. The van der Waals surface area contributed by atoms with Gasteiger partial charge in [0.1, 0.15) is 43.4 Å². The van der Waals surface area contributed by atoms with Gasteiger partial charge < -0.3 is 75.0 Å². The fourth-order valence-electron chi connectivity index (χ4n) is 16.1. The number of rotatable bonds is 20. The molecule has 2 saturated heterocycles. The summed E-state index contributed by atoms with van der Waals surface area (Å²) in [4.78, 5) is 84.4. The van der Waals surface area contributed by atoms with Gasteiger partial charge in [-0.25, -0.2) is 9.59 Å². The van der Waals surface area contributed by atoms with E-state index in [1.165, 1.54) is 40.9 Å². The van der Waals surface area contributed by atoms with Crippen molar-refractivity contribution < 1.29 is 77.6 Å². The van der Waals surface area contributed by atoms with E-state index in [4.69, 9.17) is 34.2 Å². The predicted molar refractivity (Wildman–Crippen MR) is 318 cm³/mol. The van der Waals surface area contributed by atoms with Crippen LogP contribution in [0.4, 0.5) is 15.3 Å². The number of anilines is 1. The summed E-state index contributed by atoms with van der Waals surface area (Å²) in [6, 6.07) is 19.6. The SMILES string of the molecule is CN(CCN(C)C(=O)O[C@H]1C[C@@]2(C)[C@@H](C[C@H]3O[C@@H](c4ccc(CC56CC(N)(C5)C6)cc4)O[C@]32C(=O)CO)[C@@H]2CCC3=CC(=O)C=C[C@]3(C)[C@H]21)C(=O)OCc1ccc(O[C@@H]2OC[C@@H](O)[C@H](O)[C@H]2O)c(NC(=O)CCNC(=O)Cc2ccc(-c3nncnn3)cc2)c1. The van der Waals surface area contributed by atoms with Crippen LogP contribution in [0.25, 0.3) is 11.4 Å². The van der Waals surface area contributed by atoms with Crippen molar-refractivity contribution in [2.24, 2.45) is 39.7 Å². The summed E-state index contributed by atoms with van der Waals surface area (Å²) in [5.74, 6) is -1.69. The summed E-state index contributed by atoms with van der Waals surface area (Å²) in [6.45, 7) is 2.66. The first-order chi connectivity index (χ1) is 43.0. The molecular formula is C65H77N9O16. The number of nitrogens with two attached hydrogens (primary N) is 1. The molecular weight excluding hydrogens is 1160 g/mol. The van der Waals surface area contributed by atoms with Gasteiger partial charge in [0.2, 0.25) is 23.9 Å². The molecule has 9 aliphatic rings. The van der Waals surface area contributed by atoms with E-state index < -0.39 is 90.0 Å². The summed E-state index contributed by atoms with van der Waals surface area (Å²) >= 11 is 0. The number of Topliss-reactive ketones (excluding diaryl/α,β-unsaturated/α-hetero) is 1. The van der Waals surface area contributed by atoms with Crippen molar-refractivity contribution in [3.63, 3.8) is 0 Å². The highest BCUT2D eigenvalue weighted by Gasteiger charge is 2.76. The number of allylic oxidation sites excluding steroid dienone is 4. The molecule has 8 fully saturated rings. The van der Waals surface area contributed by atoms with E-state index >= 15 is 0 Å². The second-order valence-corrected chi connectivity index (χ2v) is 26.5. The Labute approximate surface area is 519 Å². The Hall–Kier alpha value is -7.62. The number of aliphatic hydroxyl groups excluding tert-OH is 4. The van der Waals surface area contributed by atoms with Crippen LogP contribution in [0.15, 0.2) is 96.9 Å². The zero-order valence-corrected chi connectivity index (χ0v) is 50.7. The molecule has 0 radical (unpaired) electrons. The maximum Gasteiger partial charge on any atom is 0.409 e. The lowest BCUT2D eigenvalue weighted by Gasteiger charge is -2.69. The molecule has 4 aromatic rings. The van der Waals surface area contributed by atoms with Crippen LogP contribution < -0.4 is 21.1 Å². The predicted octanol–water partition coefficient (Wildman–Crippen LogP) is 3.81. The van der Waals surface area contributed by atoms with E-state index in [9.17, 15) is 49.2 Å². The molecule has 6 saturated carbocycles. The molecule has 13 rings (SSSR count). The fraction of sp³-hybridized carbons (Fsp3) is 0.538. The fourth-order valence-corrected chi connectivity index (χ4v) is 16.1. The Bertz CT molecular complexity index is 3460. The molecule has 25 nitrogen and oxygen atoms in total. The minimum atomic E-state index is -1.66. The number of amides is 4. The minimum Gasteiger partial charge on any atom is -0.460 e. The number of aromatic nitrogens is 4. The third kappa shape index (κ3) is 11.8. The number of nitrogens with one attached hydrogen (secondary N) is 2. The van der Waals surface area contributed by atoms with Crippen LogP contribution in [0.1, 0.15) is 93.8 Å². The highest BCUT2D eigenvalue weighted by Crippen LogP contribution is 2.71. The van der Waals surface area contributed by atoms with Crippen LogP contribution in [-0.4, -0.2) is 181 Å². The summed E-state index contributed by atoms with van der Waals surface area (Å²) < 4.78 is 37.4. The van der Waals surface area contributed by atoms with Crippen molar-refractivity contribution in [1.82, 2.24) is 35.5 Å². The van der Waals surface area contributed by atoms with Crippen molar-refractivity contribution in [3.8, 4) is 17.1 Å². The van der Waals surface area contributed by atoms with E-state index in [1.807, 2.05) is 25.1 Å². The van der Waals surface area contributed by atoms with E-state index in [0.717, 1.165) is 36.8 Å². The van der Waals surface area contributed by atoms with Gasteiger partial charge in [-0.2, -0.15) is 0 Å². The molecule has 7 aliphatic carbocycles. The lowest BCUT2D eigenvalue weighted by Crippen LogP contribution is -2.72. The maximum atomic E-state index is 14.5. The van der Waals surface area contributed by atoms with Crippen LogP contribution in [-0.2, 0) is 62.3 Å².